The molecule has 2 rings (SSSR count). The molecule has 5 heteroatoms. The maximum atomic E-state index is 10.6. The molecule has 5 nitrogen and oxygen atoms in total. The van der Waals surface area contributed by atoms with E-state index in [1.807, 2.05) is 0 Å². The van der Waals surface area contributed by atoms with Crippen LogP contribution in [-0.2, 0) is 0 Å². The van der Waals surface area contributed by atoms with Crippen LogP contribution in [0, 0.1) is 10.1 Å². The fourth-order valence-corrected chi connectivity index (χ4v) is 1.13. The number of hydrogen-bond acceptors (Lipinski definition) is 4. The maximum Gasteiger partial charge on any atom is 0.296 e. The number of fused-ring (bicyclic) bond motifs is 1. The molecule has 13 heavy (non-hydrogen) atoms. The van der Waals surface area contributed by atoms with E-state index in [1.165, 1.54) is 12.4 Å². The Morgan fingerprint density at radius 3 is 3.00 bits per heavy atom. The van der Waals surface area contributed by atoms with Crippen LogP contribution in [0.1, 0.15) is 0 Å². The second kappa shape index (κ2) is 2.78. The molecule has 64 valence electrons. The zero-order valence-electron chi connectivity index (χ0n) is 6.54. The first kappa shape index (κ1) is 7.60. The molecule has 2 aromatic rings. The molecular weight excluding hydrogens is 170 g/mol. The van der Waals surface area contributed by atoms with Crippen LogP contribution in [0.15, 0.2) is 30.7 Å². The van der Waals surface area contributed by atoms with Crippen LogP contribution in [0.4, 0.5) is 5.69 Å². The normalized spacial score (nSPS) is 10.2. The van der Waals surface area contributed by atoms with E-state index in [4.69, 9.17) is 0 Å². The van der Waals surface area contributed by atoms with Gasteiger partial charge in [-0.2, -0.15) is 0 Å². The largest absolute Gasteiger partial charge is 0.296 e. The van der Waals surface area contributed by atoms with Crippen LogP contribution in [0.3, 0.4) is 0 Å². The standard InChI is InChI=1S/C8H5N3O2/c12-11(13)8-5-9-4-7-6(8)2-1-3-10-7/h1-5H. The molecule has 0 bridgehead atoms. The molecule has 0 aliphatic carbocycles. The van der Waals surface area contributed by atoms with Gasteiger partial charge >= 0.3 is 0 Å². The van der Waals surface area contributed by atoms with E-state index in [0.29, 0.717) is 10.9 Å². The highest BCUT2D eigenvalue weighted by atomic mass is 16.6. The molecule has 0 atom stereocenters. The van der Waals surface area contributed by atoms with E-state index in [-0.39, 0.29) is 5.69 Å². The average molecular weight is 175 g/mol. The van der Waals surface area contributed by atoms with Crippen molar-refractivity contribution in [1.82, 2.24) is 9.97 Å². The lowest BCUT2D eigenvalue weighted by molar-refractivity contribution is -0.383. The molecule has 0 radical (unpaired) electrons. The van der Waals surface area contributed by atoms with Crippen molar-refractivity contribution in [1.29, 1.82) is 0 Å². The Morgan fingerprint density at radius 1 is 1.38 bits per heavy atom. The summed E-state index contributed by atoms with van der Waals surface area (Å²) in [6.45, 7) is 0. The van der Waals surface area contributed by atoms with Gasteiger partial charge in [0.05, 0.1) is 22.0 Å². The van der Waals surface area contributed by atoms with E-state index < -0.39 is 4.92 Å². The Balaban J connectivity index is 2.83. The molecule has 0 aliphatic heterocycles. The van der Waals surface area contributed by atoms with E-state index >= 15 is 0 Å². The van der Waals surface area contributed by atoms with Gasteiger partial charge in [0.1, 0.15) is 6.20 Å². The lowest BCUT2D eigenvalue weighted by Gasteiger charge is -1.95. The second-order valence-electron chi connectivity index (χ2n) is 2.49. The van der Waals surface area contributed by atoms with Crippen molar-refractivity contribution < 1.29 is 4.92 Å². The Hall–Kier alpha value is -2.04. The van der Waals surface area contributed by atoms with Crippen molar-refractivity contribution in [3.05, 3.63) is 40.8 Å². The van der Waals surface area contributed by atoms with Crippen molar-refractivity contribution in [3.8, 4) is 0 Å². The van der Waals surface area contributed by atoms with Crippen LogP contribution in [-0.4, -0.2) is 14.9 Å². The van der Waals surface area contributed by atoms with Gasteiger partial charge in [-0.05, 0) is 12.1 Å². The number of nitro groups is 1. The summed E-state index contributed by atoms with van der Waals surface area (Å²) in [6.07, 6.45) is 4.31. The predicted octanol–water partition coefficient (Wildman–Crippen LogP) is 1.54. The van der Waals surface area contributed by atoms with Crippen LogP contribution in [0.25, 0.3) is 10.9 Å². The van der Waals surface area contributed by atoms with Gasteiger partial charge in [0, 0.05) is 6.20 Å². The minimum absolute atomic E-state index is 0.00870. The third-order valence-electron chi connectivity index (χ3n) is 1.70. The summed E-state index contributed by atoms with van der Waals surface area (Å²) in [5.41, 5.74) is 0.530. The Bertz CT molecular complexity index is 464. The van der Waals surface area contributed by atoms with E-state index in [0.717, 1.165) is 0 Å². The molecule has 2 aromatic heterocycles. The number of aromatic nitrogens is 2. The maximum absolute atomic E-state index is 10.6. The number of pyridine rings is 2. The average Bonchev–Trinajstić information content (AvgIpc) is 2.17. The molecule has 0 unspecified atom stereocenters. The summed E-state index contributed by atoms with van der Waals surface area (Å²) in [5.74, 6) is 0. The lowest BCUT2D eigenvalue weighted by atomic mass is 10.2. The van der Waals surface area contributed by atoms with E-state index in [2.05, 4.69) is 9.97 Å². The van der Waals surface area contributed by atoms with Gasteiger partial charge in [-0.3, -0.25) is 20.1 Å². The van der Waals surface area contributed by atoms with Gasteiger partial charge in [-0.25, -0.2) is 0 Å². The number of rotatable bonds is 1. The van der Waals surface area contributed by atoms with Crippen LogP contribution >= 0.6 is 0 Å². The molecule has 0 saturated heterocycles. The van der Waals surface area contributed by atoms with Crippen LogP contribution < -0.4 is 0 Å². The first-order valence-corrected chi connectivity index (χ1v) is 3.62. The van der Waals surface area contributed by atoms with Gasteiger partial charge in [-0.1, -0.05) is 0 Å². The van der Waals surface area contributed by atoms with Gasteiger partial charge in [0.25, 0.3) is 5.69 Å². The summed E-state index contributed by atoms with van der Waals surface area (Å²) in [5, 5.41) is 11.1. The summed E-state index contributed by atoms with van der Waals surface area (Å²) in [4.78, 5) is 17.8. The van der Waals surface area contributed by atoms with Crippen molar-refractivity contribution in [3.63, 3.8) is 0 Å². The summed E-state index contributed by atoms with van der Waals surface area (Å²) in [6, 6.07) is 3.32. The topological polar surface area (TPSA) is 68.9 Å². The van der Waals surface area contributed by atoms with Crippen molar-refractivity contribution in [2.24, 2.45) is 0 Å². The fraction of sp³-hybridized carbons (Fsp3) is 0. The monoisotopic (exact) mass is 175 g/mol. The first-order valence-electron chi connectivity index (χ1n) is 3.62. The van der Waals surface area contributed by atoms with Crippen LogP contribution in [0.2, 0.25) is 0 Å². The predicted molar refractivity (Wildman–Crippen MR) is 46.2 cm³/mol. The smallest absolute Gasteiger partial charge is 0.258 e. The second-order valence-corrected chi connectivity index (χ2v) is 2.49. The molecule has 2 heterocycles. The number of hydrogen-bond donors (Lipinski definition) is 0. The molecular formula is C8H5N3O2. The zero-order chi connectivity index (χ0) is 9.26. The molecule has 0 saturated carbocycles. The quantitative estimate of drug-likeness (QED) is 0.487. The lowest BCUT2D eigenvalue weighted by Crippen LogP contribution is -1.91. The molecule has 0 fully saturated rings. The third kappa shape index (κ3) is 1.20. The highest BCUT2D eigenvalue weighted by Gasteiger charge is 2.11. The SMILES string of the molecule is O=[N+]([O-])c1cncc2ncccc12. The van der Waals surface area contributed by atoms with Gasteiger partial charge in [-0.15, -0.1) is 0 Å². The minimum Gasteiger partial charge on any atom is -0.258 e. The summed E-state index contributed by atoms with van der Waals surface area (Å²) in [7, 11) is 0. The molecule has 0 aromatic carbocycles. The van der Waals surface area contributed by atoms with Gasteiger partial charge in [0.15, 0.2) is 0 Å². The van der Waals surface area contributed by atoms with Crippen molar-refractivity contribution >= 4 is 16.6 Å². The molecule has 0 aliphatic rings. The molecule has 0 amide bonds. The Labute approximate surface area is 73.2 Å². The third-order valence-corrected chi connectivity index (χ3v) is 1.70. The number of nitrogens with zero attached hydrogens (tertiary/aromatic N) is 3. The van der Waals surface area contributed by atoms with Crippen molar-refractivity contribution in [2.75, 3.05) is 0 Å². The van der Waals surface area contributed by atoms with E-state index in [9.17, 15) is 10.1 Å². The first-order chi connectivity index (χ1) is 6.29. The van der Waals surface area contributed by atoms with E-state index in [1.54, 1.807) is 18.3 Å². The highest BCUT2D eigenvalue weighted by Crippen LogP contribution is 2.21. The highest BCUT2D eigenvalue weighted by molar-refractivity contribution is 5.86. The van der Waals surface area contributed by atoms with Crippen LogP contribution in [0.5, 0.6) is 0 Å². The fourth-order valence-electron chi connectivity index (χ4n) is 1.13. The summed E-state index contributed by atoms with van der Waals surface area (Å²) < 4.78 is 0. The Kier molecular flexibility index (Phi) is 1.63. The Morgan fingerprint density at radius 2 is 2.23 bits per heavy atom. The summed E-state index contributed by atoms with van der Waals surface area (Å²) >= 11 is 0. The zero-order valence-corrected chi connectivity index (χ0v) is 6.54. The van der Waals surface area contributed by atoms with Crippen molar-refractivity contribution in [2.45, 2.75) is 0 Å². The minimum atomic E-state index is -0.461. The van der Waals surface area contributed by atoms with Gasteiger partial charge in [0.2, 0.25) is 0 Å². The molecule has 0 N–H and O–H groups in total. The molecule has 0 spiro atoms. The van der Waals surface area contributed by atoms with Gasteiger partial charge < -0.3 is 0 Å².